The average molecular weight is 424 g/mol. The van der Waals surface area contributed by atoms with Crippen LogP contribution in [0.5, 0.6) is 0 Å². The number of fused-ring (bicyclic) bond motifs is 5. The molecule has 2 bridgehead atoms. The summed E-state index contributed by atoms with van der Waals surface area (Å²) in [5.74, 6) is 0.719. The van der Waals surface area contributed by atoms with Crippen LogP contribution in [0.4, 0.5) is 5.69 Å². The molecule has 3 nitrogen and oxygen atoms in total. The molecular weight excluding hydrogens is 405 g/mol. The maximum atomic E-state index is 9.68. The van der Waals surface area contributed by atoms with E-state index in [0.29, 0.717) is 15.2 Å². The van der Waals surface area contributed by atoms with Crippen LogP contribution in [0.2, 0.25) is 0 Å². The number of hydrogen-bond acceptors (Lipinski definition) is 3. The quantitative estimate of drug-likeness (QED) is 0.363. The molecule has 1 saturated heterocycles. The van der Waals surface area contributed by atoms with Gasteiger partial charge in [-0.2, -0.15) is 9.83 Å². The number of rotatable bonds is 0. The van der Waals surface area contributed by atoms with Crippen molar-refractivity contribution in [1.82, 2.24) is 0 Å². The second-order valence-corrected chi connectivity index (χ2v) is 9.80. The SMILES string of the molecule is N#Cc1cc2c([n+]3c1S[C@@H]1CCC[C@@H](I)[C@@H]13)C1CCN2CC1. The van der Waals surface area contributed by atoms with Gasteiger partial charge in [-0.05, 0) is 43.5 Å². The first-order valence-electron chi connectivity index (χ1n) is 8.36. The van der Waals surface area contributed by atoms with Crippen LogP contribution in [0.3, 0.4) is 0 Å². The summed E-state index contributed by atoms with van der Waals surface area (Å²) < 4.78 is 3.35. The third-order valence-electron chi connectivity index (χ3n) is 5.88. The van der Waals surface area contributed by atoms with E-state index in [4.69, 9.17) is 0 Å². The molecule has 114 valence electrons. The van der Waals surface area contributed by atoms with Crippen LogP contribution in [-0.2, 0) is 0 Å². The summed E-state index contributed by atoms with van der Waals surface area (Å²) in [6.07, 6.45) is 6.58. The molecule has 0 amide bonds. The molecule has 3 atom stereocenters. The van der Waals surface area contributed by atoms with Gasteiger partial charge in [0.25, 0.3) is 5.03 Å². The molecule has 5 heteroatoms. The van der Waals surface area contributed by atoms with Crippen LogP contribution < -0.4 is 9.47 Å². The van der Waals surface area contributed by atoms with Gasteiger partial charge in [-0.15, -0.1) is 0 Å². The molecule has 1 aliphatic carbocycles. The van der Waals surface area contributed by atoms with Gasteiger partial charge >= 0.3 is 0 Å². The van der Waals surface area contributed by atoms with E-state index in [1.165, 1.54) is 55.9 Å². The number of nitriles is 1. The summed E-state index contributed by atoms with van der Waals surface area (Å²) in [4.78, 5) is 2.52. The molecule has 5 heterocycles. The number of anilines is 1. The third-order valence-corrected chi connectivity index (χ3v) is 8.69. The van der Waals surface area contributed by atoms with Gasteiger partial charge in [0, 0.05) is 19.0 Å². The number of nitrogens with zero attached hydrogens (tertiary/aromatic N) is 3. The third kappa shape index (κ3) is 1.77. The van der Waals surface area contributed by atoms with Crippen LogP contribution in [0.25, 0.3) is 0 Å². The molecule has 0 unspecified atom stereocenters. The van der Waals surface area contributed by atoms with Crippen LogP contribution >= 0.6 is 34.4 Å². The lowest BCUT2D eigenvalue weighted by Crippen LogP contribution is -2.55. The van der Waals surface area contributed by atoms with E-state index in [1.807, 2.05) is 11.8 Å². The molecule has 5 aliphatic rings. The Morgan fingerprint density at radius 3 is 2.86 bits per heavy atom. The van der Waals surface area contributed by atoms with E-state index in [9.17, 15) is 5.26 Å². The fourth-order valence-corrected chi connectivity index (χ4v) is 8.01. The molecule has 22 heavy (non-hydrogen) atoms. The molecule has 6 rings (SSSR count). The zero-order valence-corrected chi connectivity index (χ0v) is 15.4. The van der Waals surface area contributed by atoms with Gasteiger partial charge in [-0.1, -0.05) is 29.0 Å². The number of hydrogen-bond donors (Lipinski definition) is 0. The molecule has 1 saturated carbocycles. The summed E-state index contributed by atoms with van der Waals surface area (Å²) in [6, 6.07) is 5.29. The summed E-state index contributed by atoms with van der Waals surface area (Å²) in [6.45, 7) is 2.35. The standard InChI is InChI=1S/C17H19IN3S/c18-12-2-1-3-14-16(12)21-15-10-4-6-20(7-5-10)13(15)8-11(9-19)17(21)22-14/h8,10,12,14,16H,1-7H2/q+1/t12-,14-,16+/m1/s1. The second-order valence-electron chi connectivity index (χ2n) is 6.97. The van der Waals surface area contributed by atoms with Crippen molar-refractivity contribution in [2.75, 3.05) is 18.0 Å². The van der Waals surface area contributed by atoms with Gasteiger partial charge in [0.2, 0.25) is 5.69 Å². The largest absolute Gasteiger partial charge is 0.366 e. The monoisotopic (exact) mass is 424 g/mol. The van der Waals surface area contributed by atoms with Gasteiger partial charge in [-0.25, -0.2) is 0 Å². The Labute approximate surface area is 149 Å². The van der Waals surface area contributed by atoms with E-state index < -0.39 is 0 Å². The van der Waals surface area contributed by atoms with Gasteiger partial charge in [0.05, 0.1) is 9.17 Å². The van der Waals surface area contributed by atoms with E-state index in [2.05, 4.69) is 44.2 Å². The van der Waals surface area contributed by atoms with Crippen molar-refractivity contribution < 1.29 is 4.57 Å². The fraction of sp³-hybridized carbons (Fsp3) is 0.647. The Kier molecular flexibility index (Phi) is 3.17. The van der Waals surface area contributed by atoms with Crippen molar-refractivity contribution in [3.8, 4) is 6.07 Å². The van der Waals surface area contributed by atoms with E-state index in [1.54, 1.807) is 5.69 Å². The van der Waals surface area contributed by atoms with Crippen molar-refractivity contribution in [2.24, 2.45) is 0 Å². The highest BCUT2D eigenvalue weighted by atomic mass is 127. The average Bonchev–Trinajstić information content (AvgIpc) is 2.96. The lowest BCUT2D eigenvalue weighted by molar-refractivity contribution is -0.757. The van der Waals surface area contributed by atoms with Crippen molar-refractivity contribution in [1.29, 1.82) is 5.26 Å². The smallest absolute Gasteiger partial charge is 0.259 e. The minimum atomic E-state index is 0.608. The molecule has 1 aromatic rings. The predicted molar refractivity (Wildman–Crippen MR) is 95.9 cm³/mol. The van der Waals surface area contributed by atoms with Gasteiger partial charge in [0.15, 0.2) is 6.04 Å². The van der Waals surface area contributed by atoms with Gasteiger partial charge in [0.1, 0.15) is 17.3 Å². The summed E-state index contributed by atoms with van der Waals surface area (Å²) >= 11 is 4.66. The Morgan fingerprint density at radius 2 is 2.09 bits per heavy atom. The zero-order chi connectivity index (χ0) is 14.8. The maximum Gasteiger partial charge on any atom is 0.259 e. The molecule has 1 aromatic heterocycles. The Bertz CT molecular complexity index is 690. The number of aromatic nitrogens is 1. The minimum absolute atomic E-state index is 0.608. The first kappa shape index (κ1) is 13.9. The minimum Gasteiger partial charge on any atom is -0.366 e. The van der Waals surface area contributed by atoms with Crippen LogP contribution in [-0.4, -0.2) is 22.3 Å². The van der Waals surface area contributed by atoms with Crippen LogP contribution in [0.15, 0.2) is 11.1 Å². The second kappa shape index (κ2) is 5.01. The Morgan fingerprint density at radius 1 is 1.27 bits per heavy atom. The summed E-state index contributed by atoms with van der Waals surface area (Å²) in [5, 5.41) is 11.6. The normalized spacial score (nSPS) is 32.4. The van der Waals surface area contributed by atoms with E-state index >= 15 is 0 Å². The highest BCUT2D eigenvalue weighted by Crippen LogP contribution is 2.50. The zero-order valence-electron chi connectivity index (χ0n) is 12.5. The molecule has 2 fully saturated rings. The van der Waals surface area contributed by atoms with Crippen molar-refractivity contribution >= 4 is 40.0 Å². The van der Waals surface area contributed by atoms with Crippen LogP contribution in [0.1, 0.15) is 55.3 Å². The summed E-state index contributed by atoms with van der Waals surface area (Å²) in [7, 11) is 0. The van der Waals surface area contributed by atoms with E-state index in [0.717, 1.165) is 11.5 Å². The first-order chi connectivity index (χ1) is 10.8. The van der Waals surface area contributed by atoms with Crippen molar-refractivity contribution in [2.45, 2.75) is 58.3 Å². The fourth-order valence-electron chi connectivity index (χ4n) is 4.87. The molecule has 0 radical (unpaired) electrons. The van der Waals surface area contributed by atoms with Gasteiger partial charge in [-0.3, -0.25) is 0 Å². The molecule has 0 N–H and O–H groups in total. The number of halogens is 1. The summed E-state index contributed by atoms with van der Waals surface area (Å²) in [5.41, 5.74) is 3.85. The molecule has 4 aliphatic heterocycles. The highest BCUT2D eigenvalue weighted by molar-refractivity contribution is 14.1. The van der Waals surface area contributed by atoms with Gasteiger partial charge < -0.3 is 4.90 Å². The number of piperidine rings is 1. The lowest BCUT2D eigenvalue weighted by atomic mass is 9.84. The van der Waals surface area contributed by atoms with Crippen molar-refractivity contribution in [3.05, 3.63) is 17.3 Å². The number of alkyl halides is 1. The number of pyridine rings is 1. The molecule has 0 spiro atoms. The Balaban J connectivity index is 1.77. The lowest BCUT2D eigenvalue weighted by Gasteiger charge is -2.40. The maximum absolute atomic E-state index is 9.68. The first-order valence-corrected chi connectivity index (χ1v) is 10.5. The molecule has 0 aromatic carbocycles. The van der Waals surface area contributed by atoms with E-state index in [-0.39, 0.29) is 0 Å². The van der Waals surface area contributed by atoms with Crippen LogP contribution in [0, 0.1) is 11.3 Å². The Hall–Kier alpha value is -0.480. The van der Waals surface area contributed by atoms with Crippen molar-refractivity contribution in [3.63, 3.8) is 0 Å². The molecular formula is C17H19IN3S+. The highest BCUT2D eigenvalue weighted by Gasteiger charge is 2.53. The predicted octanol–water partition coefficient (Wildman–Crippen LogP) is 3.55. The number of thioether (sulfide) groups is 1. The topological polar surface area (TPSA) is 30.9 Å².